The van der Waals surface area contributed by atoms with Crippen LogP contribution >= 0.6 is 0 Å². The lowest BCUT2D eigenvalue weighted by Gasteiger charge is -2.51. The van der Waals surface area contributed by atoms with E-state index >= 15 is 0 Å². The van der Waals surface area contributed by atoms with Crippen molar-refractivity contribution in [1.82, 2.24) is 9.91 Å². The number of fused-ring (bicyclic) bond motifs is 4. The summed E-state index contributed by atoms with van der Waals surface area (Å²) in [7, 11) is 3.42. The van der Waals surface area contributed by atoms with Crippen molar-refractivity contribution < 1.29 is 14.2 Å². The van der Waals surface area contributed by atoms with Crippen LogP contribution in [0.25, 0.3) is 0 Å². The number of nitrogens with zero attached hydrogens (tertiary/aromatic N) is 3. The quantitative estimate of drug-likeness (QED) is 0.730. The molecule has 164 valence electrons. The van der Waals surface area contributed by atoms with E-state index in [4.69, 9.17) is 19.3 Å². The van der Waals surface area contributed by atoms with Gasteiger partial charge in [-0.1, -0.05) is 24.3 Å². The van der Waals surface area contributed by atoms with E-state index < -0.39 is 5.72 Å². The van der Waals surface area contributed by atoms with Crippen LogP contribution < -0.4 is 14.2 Å². The Kier molecular flexibility index (Phi) is 5.05. The highest BCUT2D eigenvalue weighted by molar-refractivity contribution is 6.02. The summed E-state index contributed by atoms with van der Waals surface area (Å²) in [6.07, 6.45) is 2.66. The Labute approximate surface area is 184 Å². The van der Waals surface area contributed by atoms with Crippen LogP contribution in [-0.4, -0.2) is 54.7 Å². The average molecular weight is 422 g/mol. The molecule has 0 aliphatic carbocycles. The lowest BCUT2D eigenvalue weighted by molar-refractivity contribution is -0.153. The number of hydrazone groups is 1. The molecule has 5 rings (SSSR count). The second-order valence-electron chi connectivity index (χ2n) is 8.90. The Morgan fingerprint density at radius 2 is 1.84 bits per heavy atom. The Morgan fingerprint density at radius 3 is 2.55 bits per heavy atom. The molecular formula is C25H31N3O3. The second kappa shape index (κ2) is 7.75. The Hall–Kier alpha value is -2.73. The number of likely N-dealkylation sites (tertiary alicyclic amines) is 1. The van der Waals surface area contributed by atoms with Crippen LogP contribution in [-0.2, 0) is 0 Å². The van der Waals surface area contributed by atoms with E-state index in [0.717, 1.165) is 66.4 Å². The molecule has 31 heavy (non-hydrogen) atoms. The van der Waals surface area contributed by atoms with Gasteiger partial charge in [-0.05, 0) is 32.0 Å². The van der Waals surface area contributed by atoms with Gasteiger partial charge in [-0.25, -0.2) is 5.01 Å². The molecule has 0 bridgehead atoms. The number of methoxy groups -OCH3 is 2. The van der Waals surface area contributed by atoms with Gasteiger partial charge in [-0.3, -0.25) is 0 Å². The molecular weight excluding hydrogens is 390 g/mol. The molecule has 2 aromatic carbocycles. The van der Waals surface area contributed by atoms with Crippen LogP contribution in [0.2, 0.25) is 0 Å². The molecule has 0 aromatic heterocycles. The molecule has 1 fully saturated rings. The van der Waals surface area contributed by atoms with Crippen molar-refractivity contribution in [2.24, 2.45) is 5.10 Å². The first-order valence-corrected chi connectivity index (χ1v) is 11.2. The van der Waals surface area contributed by atoms with Crippen LogP contribution in [0, 0.1) is 0 Å². The van der Waals surface area contributed by atoms with E-state index in [9.17, 15) is 0 Å². The zero-order valence-electron chi connectivity index (χ0n) is 18.8. The van der Waals surface area contributed by atoms with Crippen molar-refractivity contribution in [2.45, 2.75) is 50.9 Å². The summed E-state index contributed by atoms with van der Waals surface area (Å²) in [6, 6.07) is 15.0. The van der Waals surface area contributed by atoms with Gasteiger partial charge in [0.15, 0.2) is 11.5 Å². The summed E-state index contributed by atoms with van der Waals surface area (Å²) >= 11 is 0. The van der Waals surface area contributed by atoms with Crippen molar-refractivity contribution in [3.05, 3.63) is 53.6 Å². The summed E-state index contributed by atoms with van der Waals surface area (Å²) in [5.41, 5.74) is 2.89. The van der Waals surface area contributed by atoms with Crippen LogP contribution in [0.15, 0.2) is 47.6 Å². The third-order valence-corrected chi connectivity index (χ3v) is 6.92. The smallest absolute Gasteiger partial charge is 0.200 e. The van der Waals surface area contributed by atoms with Gasteiger partial charge in [0.2, 0.25) is 5.72 Å². The first-order valence-electron chi connectivity index (χ1n) is 11.2. The Bertz CT molecular complexity index is 995. The van der Waals surface area contributed by atoms with Gasteiger partial charge < -0.3 is 19.1 Å². The van der Waals surface area contributed by atoms with Gasteiger partial charge in [0.05, 0.1) is 26.0 Å². The summed E-state index contributed by atoms with van der Waals surface area (Å²) in [5, 5.41) is 7.42. The van der Waals surface area contributed by atoms with Crippen molar-refractivity contribution in [1.29, 1.82) is 0 Å². The van der Waals surface area contributed by atoms with Crippen LogP contribution in [0.5, 0.6) is 17.2 Å². The van der Waals surface area contributed by atoms with Crippen molar-refractivity contribution in [3.63, 3.8) is 0 Å². The van der Waals surface area contributed by atoms with Gasteiger partial charge in [-0.15, -0.1) is 0 Å². The molecule has 2 aromatic rings. The predicted octanol–water partition coefficient (Wildman–Crippen LogP) is 4.45. The minimum absolute atomic E-state index is 0.144. The predicted molar refractivity (Wildman–Crippen MR) is 121 cm³/mol. The van der Waals surface area contributed by atoms with Crippen molar-refractivity contribution in [2.75, 3.05) is 27.3 Å². The van der Waals surface area contributed by atoms with E-state index in [1.54, 1.807) is 14.2 Å². The first-order chi connectivity index (χ1) is 15.0. The lowest BCUT2D eigenvalue weighted by atomic mass is 9.90. The monoisotopic (exact) mass is 421 g/mol. The second-order valence-corrected chi connectivity index (χ2v) is 8.90. The third kappa shape index (κ3) is 3.33. The van der Waals surface area contributed by atoms with Gasteiger partial charge >= 0.3 is 0 Å². The molecule has 0 radical (unpaired) electrons. The average Bonchev–Trinajstić information content (AvgIpc) is 3.26. The van der Waals surface area contributed by atoms with Crippen LogP contribution in [0.4, 0.5) is 0 Å². The molecule has 0 amide bonds. The van der Waals surface area contributed by atoms with Crippen LogP contribution in [0.1, 0.15) is 50.3 Å². The summed E-state index contributed by atoms with van der Waals surface area (Å²) in [5.74, 6) is 2.53. The Balaban J connectivity index is 1.56. The van der Waals surface area contributed by atoms with Gasteiger partial charge in [0.25, 0.3) is 0 Å². The molecule has 6 nitrogen and oxygen atoms in total. The molecule has 1 atom stereocenters. The number of hydrogen-bond acceptors (Lipinski definition) is 6. The summed E-state index contributed by atoms with van der Waals surface area (Å²) < 4.78 is 17.9. The molecule has 1 unspecified atom stereocenters. The van der Waals surface area contributed by atoms with Crippen molar-refractivity contribution >= 4 is 5.71 Å². The zero-order chi connectivity index (χ0) is 21.6. The van der Waals surface area contributed by atoms with E-state index in [1.165, 1.54) is 0 Å². The fourth-order valence-corrected chi connectivity index (χ4v) is 5.13. The van der Waals surface area contributed by atoms with E-state index in [-0.39, 0.29) is 6.04 Å². The molecule has 1 spiro atoms. The highest BCUT2D eigenvalue weighted by Crippen LogP contribution is 2.52. The van der Waals surface area contributed by atoms with Gasteiger partial charge in [0, 0.05) is 49.5 Å². The fraction of sp³-hybridized carbons (Fsp3) is 0.480. The molecule has 0 N–H and O–H groups in total. The number of rotatable bonds is 4. The van der Waals surface area contributed by atoms with Gasteiger partial charge in [-0.2, -0.15) is 5.10 Å². The zero-order valence-corrected chi connectivity index (χ0v) is 18.8. The lowest BCUT2D eigenvalue weighted by Crippen LogP contribution is -2.59. The maximum atomic E-state index is 6.80. The first kappa shape index (κ1) is 20.2. The van der Waals surface area contributed by atoms with E-state index in [2.05, 4.69) is 42.0 Å². The molecule has 0 saturated carbocycles. The summed E-state index contributed by atoms with van der Waals surface area (Å²) in [6.45, 7) is 6.51. The van der Waals surface area contributed by atoms with Crippen molar-refractivity contribution in [3.8, 4) is 17.2 Å². The fourth-order valence-electron chi connectivity index (χ4n) is 5.13. The normalized spacial score (nSPS) is 22.0. The SMILES string of the molecule is COc1cccc(C2=NN3C(C2)c2cccc(OC)c2OC32CCN(C(C)C)CC2)c1. The highest BCUT2D eigenvalue weighted by atomic mass is 16.5. The number of para-hydroxylation sites is 1. The third-order valence-electron chi connectivity index (χ3n) is 6.92. The van der Waals surface area contributed by atoms with E-state index in [1.807, 2.05) is 24.3 Å². The Morgan fingerprint density at radius 1 is 1.06 bits per heavy atom. The molecule has 3 aliphatic rings. The molecule has 3 heterocycles. The topological polar surface area (TPSA) is 46.5 Å². The molecule has 6 heteroatoms. The maximum absolute atomic E-state index is 6.80. The molecule has 1 saturated heterocycles. The highest BCUT2D eigenvalue weighted by Gasteiger charge is 2.52. The van der Waals surface area contributed by atoms with Gasteiger partial charge in [0.1, 0.15) is 5.75 Å². The molecule has 3 aliphatic heterocycles. The number of ether oxygens (including phenoxy) is 3. The van der Waals surface area contributed by atoms with E-state index in [0.29, 0.717) is 6.04 Å². The number of piperidine rings is 1. The largest absolute Gasteiger partial charge is 0.497 e. The summed E-state index contributed by atoms with van der Waals surface area (Å²) in [4.78, 5) is 2.52. The standard InChI is InChI=1S/C25H31N3O3/c1-17(2)27-13-11-25(12-14-27)28-22(20-9-6-10-23(30-4)24(20)31-25)16-21(26-28)18-7-5-8-19(15-18)29-3/h5-10,15,17,22H,11-14,16H2,1-4H3. The maximum Gasteiger partial charge on any atom is 0.200 e. The number of benzene rings is 2. The minimum Gasteiger partial charge on any atom is -0.497 e. The van der Waals surface area contributed by atoms with Crippen LogP contribution in [0.3, 0.4) is 0 Å². The minimum atomic E-state index is -0.446. The number of hydrogen-bond donors (Lipinski definition) is 0.